The van der Waals surface area contributed by atoms with Crippen LogP contribution in [0.1, 0.15) is 5.56 Å². The average molecular weight is 348 g/mol. The topological polar surface area (TPSA) is 66.1 Å². The van der Waals surface area contributed by atoms with Crippen LogP contribution in [-0.2, 0) is 16.6 Å². The van der Waals surface area contributed by atoms with E-state index in [1.165, 1.54) is 25.4 Å². The number of H-pyrrole nitrogens is 1. The van der Waals surface area contributed by atoms with Crippen LogP contribution in [0.4, 0.5) is 4.39 Å². The summed E-state index contributed by atoms with van der Waals surface area (Å²) in [4.78, 5) is -0.346. The molecule has 2 rings (SSSR count). The quantitative estimate of drug-likeness (QED) is 0.921. The number of aromatic amines is 1. The summed E-state index contributed by atoms with van der Waals surface area (Å²) in [6.07, 6.45) is 3.11. The minimum absolute atomic E-state index is 0.119. The third-order valence-electron chi connectivity index (χ3n) is 2.54. The van der Waals surface area contributed by atoms with E-state index in [1.807, 2.05) is 0 Å². The molecule has 0 aliphatic rings. The van der Waals surface area contributed by atoms with Crippen molar-refractivity contribution in [2.45, 2.75) is 11.4 Å². The molecule has 5 nitrogen and oxygen atoms in total. The van der Waals surface area contributed by atoms with Crippen LogP contribution in [0.2, 0.25) is 0 Å². The Kier molecular flexibility index (Phi) is 4.02. The normalized spacial score (nSPS) is 12.0. The second kappa shape index (κ2) is 5.40. The van der Waals surface area contributed by atoms with E-state index in [0.717, 1.165) is 10.4 Å². The molecule has 102 valence electrons. The maximum absolute atomic E-state index is 13.7. The predicted octanol–water partition coefficient (Wildman–Crippen LogP) is 2.13. The van der Waals surface area contributed by atoms with E-state index in [1.54, 1.807) is 6.20 Å². The van der Waals surface area contributed by atoms with E-state index in [0.29, 0.717) is 10.0 Å². The number of aromatic nitrogens is 2. The second-order valence-electron chi connectivity index (χ2n) is 3.94. The first-order valence-corrected chi connectivity index (χ1v) is 7.53. The first-order chi connectivity index (χ1) is 8.91. The van der Waals surface area contributed by atoms with Gasteiger partial charge in [-0.15, -0.1) is 0 Å². The number of benzene rings is 1. The van der Waals surface area contributed by atoms with E-state index in [-0.39, 0.29) is 11.4 Å². The number of hydrogen-bond donors (Lipinski definition) is 1. The van der Waals surface area contributed by atoms with Crippen LogP contribution in [-0.4, -0.2) is 30.0 Å². The molecule has 0 amide bonds. The lowest BCUT2D eigenvalue weighted by Gasteiger charge is -2.16. The van der Waals surface area contributed by atoms with Gasteiger partial charge in [0.1, 0.15) is 10.7 Å². The van der Waals surface area contributed by atoms with Crippen molar-refractivity contribution in [3.8, 4) is 0 Å². The largest absolute Gasteiger partial charge is 0.285 e. The number of hydrogen-bond acceptors (Lipinski definition) is 3. The van der Waals surface area contributed by atoms with E-state index in [2.05, 4.69) is 26.1 Å². The summed E-state index contributed by atoms with van der Waals surface area (Å²) in [6.45, 7) is 0.119. The van der Waals surface area contributed by atoms with E-state index < -0.39 is 15.8 Å². The van der Waals surface area contributed by atoms with Gasteiger partial charge in [0.15, 0.2) is 0 Å². The van der Waals surface area contributed by atoms with E-state index in [9.17, 15) is 12.8 Å². The fourth-order valence-electron chi connectivity index (χ4n) is 1.56. The summed E-state index contributed by atoms with van der Waals surface area (Å²) < 4.78 is 39.8. The van der Waals surface area contributed by atoms with Gasteiger partial charge in [-0.05, 0) is 18.2 Å². The lowest BCUT2D eigenvalue weighted by atomic mass is 10.3. The van der Waals surface area contributed by atoms with Crippen molar-refractivity contribution in [2.75, 3.05) is 7.05 Å². The molecule has 2 aromatic rings. The Balaban J connectivity index is 2.31. The zero-order valence-corrected chi connectivity index (χ0v) is 12.4. The molecular weight excluding hydrogens is 337 g/mol. The third-order valence-corrected chi connectivity index (χ3v) is 4.87. The molecule has 0 saturated heterocycles. The van der Waals surface area contributed by atoms with Gasteiger partial charge >= 0.3 is 0 Å². The molecule has 0 spiro atoms. The smallest absolute Gasteiger partial charge is 0.246 e. The second-order valence-corrected chi connectivity index (χ2v) is 6.87. The number of rotatable bonds is 4. The minimum Gasteiger partial charge on any atom is -0.285 e. The predicted molar refractivity (Wildman–Crippen MR) is 71.3 cm³/mol. The SMILES string of the molecule is CN(Cc1cn[nH]c1)S(=O)(=O)c1ccc(Br)cc1F. The highest BCUT2D eigenvalue weighted by molar-refractivity contribution is 9.10. The summed E-state index contributed by atoms with van der Waals surface area (Å²) in [5.74, 6) is -0.784. The van der Waals surface area contributed by atoms with E-state index in [4.69, 9.17) is 0 Å². The Morgan fingerprint density at radius 2 is 2.21 bits per heavy atom. The van der Waals surface area contributed by atoms with Gasteiger partial charge in [-0.25, -0.2) is 12.8 Å². The number of sulfonamides is 1. The molecule has 0 aliphatic heterocycles. The number of halogens is 2. The summed E-state index contributed by atoms with van der Waals surface area (Å²) in [5, 5.41) is 6.33. The molecule has 19 heavy (non-hydrogen) atoms. The van der Waals surface area contributed by atoms with Crippen LogP contribution in [0, 0.1) is 5.82 Å². The van der Waals surface area contributed by atoms with Crippen molar-refractivity contribution in [3.05, 3.63) is 46.4 Å². The lowest BCUT2D eigenvalue weighted by Crippen LogP contribution is -2.27. The van der Waals surface area contributed by atoms with Crippen molar-refractivity contribution in [2.24, 2.45) is 0 Å². The molecule has 0 radical (unpaired) electrons. The summed E-state index contributed by atoms with van der Waals surface area (Å²) >= 11 is 3.09. The Bertz CT molecular complexity index is 673. The molecule has 0 aliphatic carbocycles. The molecule has 0 saturated carbocycles. The first-order valence-electron chi connectivity index (χ1n) is 5.30. The standard InChI is InChI=1S/C11H11BrFN3O2S/c1-16(7-8-5-14-15-6-8)19(17,18)11-3-2-9(12)4-10(11)13/h2-6H,7H2,1H3,(H,14,15). The van der Waals surface area contributed by atoms with Crippen LogP contribution >= 0.6 is 15.9 Å². The zero-order chi connectivity index (χ0) is 14.0. The third kappa shape index (κ3) is 3.02. The fraction of sp³-hybridized carbons (Fsp3) is 0.182. The Hall–Kier alpha value is -1.25. The molecule has 0 unspecified atom stereocenters. The highest BCUT2D eigenvalue weighted by atomic mass is 79.9. The lowest BCUT2D eigenvalue weighted by molar-refractivity contribution is 0.460. The molecule has 1 N–H and O–H groups in total. The van der Waals surface area contributed by atoms with Gasteiger partial charge in [0.05, 0.1) is 6.20 Å². The highest BCUT2D eigenvalue weighted by Gasteiger charge is 2.24. The number of nitrogens with one attached hydrogen (secondary N) is 1. The van der Waals surface area contributed by atoms with Crippen LogP contribution in [0.5, 0.6) is 0 Å². The van der Waals surface area contributed by atoms with Gasteiger partial charge in [0, 0.05) is 29.8 Å². The summed E-state index contributed by atoms with van der Waals surface area (Å²) in [7, 11) is -2.47. The van der Waals surface area contributed by atoms with Gasteiger partial charge in [-0.3, -0.25) is 5.10 Å². The minimum atomic E-state index is -3.87. The fourth-order valence-corrected chi connectivity index (χ4v) is 3.09. The molecule has 1 heterocycles. The first kappa shape index (κ1) is 14.2. The molecule has 0 bridgehead atoms. The van der Waals surface area contributed by atoms with Gasteiger partial charge < -0.3 is 0 Å². The Labute approximate surface area is 118 Å². The average Bonchev–Trinajstić information content (AvgIpc) is 2.81. The van der Waals surface area contributed by atoms with Crippen molar-refractivity contribution < 1.29 is 12.8 Å². The number of nitrogens with zero attached hydrogens (tertiary/aromatic N) is 2. The summed E-state index contributed by atoms with van der Waals surface area (Å²) in [6, 6.07) is 3.85. The molecule has 8 heteroatoms. The van der Waals surface area contributed by atoms with Crippen molar-refractivity contribution in [3.63, 3.8) is 0 Å². The summed E-state index contributed by atoms with van der Waals surface area (Å²) in [5.41, 5.74) is 0.698. The monoisotopic (exact) mass is 347 g/mol. The van der Waals surface area contributed by atoms with Crippen molar-refractivity contribution >= 4 is 26.0 Å². The molecular formula is C11H11BrFN3O2S. The zero-order valence-electron chi connectivity index (χ0n) is 9.97. The highest BCUT2D eigenvalue weighted by Crippen LogP contribution is 2.22. The van der Waals surface area contributed by atoms with Crippen LogP contribution in [0.15, 0.2) is 40.0 Å². The van der Waals surface area contributed by atoms with E-state index >= 15 is 0 Å². The van der Waals surface area contributed by atoms with Crippen molar-refractivity contribution in [1.82, 2.24) is 14.5 Å². The van der Waals surface area contributed by atoms with Gasteiger partial charge in [-0.1, -0.05) is 15.9 Å². The Morgan fingerprint density at radius 1 is 1.47 bits per heavy atom. The van der Waals surface area contributed by atoms with Crippen LogP contribution < -0.4 is 0 Å². The molecule has 0 atom stereocenters. The molecule has 0 fully saturated rings. The molecule has 1 aromatic heterocycles. The maximum Gasteiger partial charge on any atom is 0.246 e. The van der Waals surface area contributed by atoms with Crippen molar-refractivity contribution in [1.29, 1.82) is 0 Å². The van der Waals surface area contributed by atoms with Crippen LogP contribution in [0.25, 0.3) is 0 Å². The maximum atomic E-state index is 13.7. The van der Waals surface area contributed by atoms with Gasteiger partial charge in [0.25, 0.3) is 0 Å². The Morgan fingerprint density at radius 3 is 2.79 bits per heavy atom. The molecule has 1 aromatic carbocycles. The van der Waals surface area contributed by atoms with Crippen LogP contribution in [0.3, 0.4) is 0 Å². The van der Waals surface area contributed by atoms with Gasteiger partial charge in [-0.2, -0.15) is 9.40 Å². The van der Waals surface area contributed by atoms with Gasteiger partial charge in [0.2, 0.25) is 10.0 Å².